The van der Waals surface area contributed by atoms with E-state index in [1.54, 1.807) is 10.8 Å². The Hall–Kier alpha value is -3.40. The molecule has 180 valence electrons. The summed E-state index contributed by atoms with van der Waals surface area (Å²) in [4.78, 5) is 30.8. The number of hydrogen-bond acceptors (Lipinski definition) is 7. The van der Waals surface area contributed by atoms with E-state index in [9.17, 15) is 14.7 Å². The van der Waals surface area contributed by atoms with Gasteiger partial charge in [0.1, 0.15) is 17.0 Å². The molecule has 2 N–H and O–H groups in total. The quantitative estimate of drug-likeness (QED) is 0.542. The van der Waals surface area contributed by atoms with Crippen LogP contribution in [0.25, 0.3) is 10.9 Å². The van der Waals surface area contributed by atoms with Gasteiger partial charge in [-0.2, -0.15) is 0 Å². The number of hydrogen-bond donors (Lipinski definition) is 2. The molecule has 2 fully saturated rings. The van der Waals surface area contributed by atoms with Gasteiger partial charge in [0, 0.05) is 31.2 Å². The van der Waals surface area contributed by atoms with Gasteiger partial charge < -0.3 is 29.0 Å². The molecule has 34 heavy (non-hydrogen) atoms. The number of anilines is 1. The summed E-state index contributed by atoms with van der Waals surface area (Å²) in [6.45, 7) is 2.96. The van der Waals surface area contributed by atoms with Crippen LogP contribution >= 0.6 is 0 Å². The Morgan fingerprint density at radius 3 is 2.74 bits per heavy atom. The van der Waals surface area contributed by atoms with Gasteiger partial charge in [0.25, 0.3) is 0 Å². The molecule has 9 nitrogen and oxygen atoms in total. The maximum absolute atomic E-state index is 15.6. The fourth-order valence-electron chi connectivity index (χ4n) is 5.06. The number of ether oxygens (including phenoxy) is 1. The molecule has 2 aliphatic rings. The number of carbonyl (C=O) groups is 1. The van der Waals surface area contributed by atoms with E-state index in [1.165, 1.54) is 13.3 Å². The van der Waals surface area contributed by atoms with Crippen molar-refractivity contribution < 1.29 is 23.4 Å². The first-order valence-corrected chi connectivity index (χ1v) is 11.4. The number of halogens is 1. The molecule has 0 bridgehead atoms. The Bertz CT molecular complexity index is 1330. The summed E-state index contributed by atoms with van der Waals surface area (Å²) in [5, 5.41) is 12.8. The predicted octanol–water partition coefficient (Wildman–Crippen LogP) is 3.27. The van der Waals surface area contributed by atoms with Crippen molar-refractivity contribution in [2.75, 3.05) is 32.1 Å². The van der Waals surface area contributed by atoms with E-state index in [0.29, 0.717) is 24.5 Å². The third kappa shape index (κ3) is 3.62. The van der Waals surface area contributed by atoms with Crippen molar-refractivity contribution in [3.63, 3.8) is 0 Å². The zero-order valence-electron chi connectivity index (χ0n) is 19.3. The summed E-state index contributed by atoms with van der Waals surface area (Å²) >= 11 is 0. The fraction of sp³-hybridized carbons (Fsp3) is 0.458. The molecule has 5 rings (SSSR count). The van der Waals surface area contributed by atoms with Crippen molar-refractivity contribution in [3.8, 4) is 5.75 Å². The summed E-state index contributed by atoms with van der Waals surface area (Å²) in [6.07, 6.45) is 5.54. The number of rotatable bonds is 7. The van der Waals surface area contributed by atoms with Crippen molar-refractivity contribution in [1.82, 2.24) is 14.9 Å². The number of carboxylic acid groups (broad SMARTS) is 1. The Labute approximate surface area is 195 Å². The van der Waals surface area contributed by atoms with Crippen LogP contribution in [0.3, 0.4) is 0 Å². The van der Waals surface area contributed by atoms with Gasteiger partial charge in [-0.25, -0.2) is 14.2 Å². The number of fused-ring (bicyclic) bond motifs is 1. The van der Waals surface area contributed by atoms with E-state index in [1.807, 2.05) is 18.9 Å². The molecule has 2 unspecified atom stereocenters. The molecule has 3 heterocycles. The van der Waals surface area contributed by atoms with Crippen LogP contribution in [0, 0.1) is 18.7 Å². The van der Waals surface area contributed by atoms with Crippen LogP contribution < -0.4 is 20.4 Å². The summed E-state index contributed by atoms with van der Waals surface area (Å²) < 4.78 is 28.8. The number of oxazole rings is 1. The molecule has 1 aliphatic heterocycles. The lowest BCUT2D eigenvalue weighted by Crippen LogP contribution is -2.29. The SMILES string of the molecule is CNC(c1ncc(C)o1)C1CCN(c2c(F)cc3c(=O)c(C(=O)O)cn(C4CC4)c3c2OC)C1. The number of carboxylic acids is 1. The van der Waals surface area contributed by atoms with Crippen molar-refractivity contribution >= 4 is 22.6 Å². The van der Waals surface area contributed by atoms with E-state index in [4.69, 9.17) is 9.15 Å². The highest BCUT2D eigenvalue weighted by Gasteiger charge is 2.36. The van der Waals surface area contributed by atoms with Crippen LogP contribution in [0.2, 0.25) is 0 Å². The Kier molecular flexibility index (Phi) is 5.55. The highest BCUT2D eigenvalue weighted by atomic mass is 19.1. The lowest BCUT2D eigenvalue weighted by atomic mass is 9.99. The number of aromatic carboxylic acids is 1. The molecule has 1 aliphatic carbocycles. The standard InChI is InChI=1S/C24H27FN4O5/c1-12-9-27-23(34-12)18(26-2)13-6-7-28(10-13)20-17(25)8-15-19(22(20)33-3)29(14-4-5-14)11-16(21(15)30)24(31)32/h8-9,11,13-14,18,26H,4-7,10H2,1-3H3,(H,31,32). The fourth-order valence-corrected chi connectivity index (χ4v) is 5.06. The predicted molar refractivity (Wildman–Crippen MR) is 123 cm³/mol. The van der Waals surface area contributed by atoms with Gasteiger partial charge in [-0.15, -0.1) is 0 Å². The van der Waals surface area contributed by atoms with Crippen LogP contribution in [-0.4, -0.2) is 47.9 Å². The van der Waals surface area contributed by atoms with Gasteiger partial charge in [0.15, 0.2) is 11.6 Å². The number of methoxy groups -OCH3 is 1. The topological polar surface area (TPSA) is 110 Å². The van der Waals surface area contributed by atoms with Crippen LogP contribution in [0.4, 0.5) is 10.1 Å². The Balaban J connectivity index is 1.60. The monoisotopic (exact) mass is 470 g/mol. The van der Waals surface area contributed by atoms with Crippen molar-refractivity contribution in [2.45, 2.75) is 38.3 Å². The van der Waals surface area contributed by atoms with Crippen LogP contribution in [0.15, 0.2) is 27.7 Å². The van der Waals surface area contributed by atoms with E-state index < -0.39 is 17.2 Å². The van der Waals surface area contributed by atoms with Crippen molar-refractivity contribution in [3.05, 3.63) is 51.7 Å². The largest absolute Gasteiger partial charge is 0.492 e. The average molecular weight is 471 g/mol. The number of aryl methyl sites for hydroxylation is 1. The van der Waals surface area contributed by atoms with Gasteiger partial charge in [0.05, 0.1) is 30.3 Å². The third-order valence-corrected chi connectivity index (χ3v) is 6.80. The third-order valence-electron chi connectivity index (χ3n) is 6.80. The number of pyridine rings is 1. The van der Waals surface area contributed by atoms with Crippen LogP contribution in [0.1, 0.15) is 53.4 Å². The molecular weight excluding hydrogens is 443 g/mol. The van der Waals surface area contributed by atoms with Gasteiger partial charge in [-0.3, -0.25) is 4.79 Å². The summed E-state index contributed by atoms with van der Waals surface area (Å²) in [7, 11) is 3.29. The molecule has 1 aromatic carbocycles. The first-order valence-electron chi connectivity index (χ1n) is 11.4. The molecule has 1 saturated heterocycles. The lowest BCUT2D eigenvalue weighted by molar-refractivity contribution is 0.0694. The maximum Gasteiger partial charge on any atom is 0.341 e. The van der Waals surface area contributed by atoms with E-state index >= 15 is 4.39 Å². The van der Waals surface area contributed by atoms with Crippen molar-refractivity contribution in [2.24, 2.45) is 5.92 Å². The number of benzene rings is 1. The molecule has 0 amide bonds. The minimum atomic E-state index is -1.33. The molecule has 0 radical (unpaired) electrons. The second kappa shape index (κ2) is 8.43. The summed E-state index contributed by atoms with van der Waals surface area (Å²) in [5.41, 5.74) is -0.356. The first kappa shape index (κ1) is 22.4. The van der Waals surface area contributed by atoms with E-state index in [2.05, 4.69) is 10.3 Å². The van der Waals surface area contributed by atoms with E-state index in [0.717, 1.165) is 31.1 Å². The smallest absolute Gasteiger partial charge is 0.341 e. The molecule has 1 saturated carbocycles. The Morgan fingerprint density at radius 2 is 2.15 bits per heavy atom. The van der Waals surface area contributed by atoms with E-state index in [-0.39, 0.29) is 40.4 Å². The van der Waals surface area contributed by atoms with Gasteiger partial charge in [0.2, 0.25) is 11.3 Å². The van der Waals surface area contributed by atoms with Crippen LogP contribution in [0.5, 0.6) is 5.75 Å². The van der Waals surface area contributed by atoms with Gasteiger partial charge in [-0.1, -0.05) is 0 Å². The second-order valence-electron chi connectivity index (χ2n) is 9.02. The molecule has 2 atom stereocenters. The zero-order valence-corrected chi connectivity index (χ0v) is 19.3. The minimum Gasteiger partial charge on any atom is -0.492 e. The summed E-state index contributed by atoms with van der Waals surface area (Å²) in [6, 6.07) is 1.08. The van der Waals surface area contributed by atoms with Gasteiger partial charge in [-0.05, 0) is 39.3 Å². The minimum absolute atomic E-state index is 0.0176. The normalized spacial score (nSPS) is 19.1. The molecule has 2 aromatic heterocycles. The highest BCUT2D eigenvalue weighted by molar-refractivity contribution is 5.97. The second-order valence-corrected chi connectivity index (χ2v) is 9.02. The molecular formula is C24H27FN4O5. The molecule has 10 heteroatoms. The highest BCUT2D eigenvalue weighted by Crippen LogP contribution is 2.45. The summed E-state index contributed by atoms with van der Waals surface area (Å²) in [5.74, 6) is -0.243. The maximum atomic E-state index is 15.6. The number of aromatic nitrogens is 2. The first-order chi connectivity index (χ1) is 16.3. The lowest BCUT2D eigenvalue weighted by Gasteiger charge is -2.26. The molecule has 3 aromatic rings. The van der Waals surface area contributed by atoms with Crippen LogP contribution in [-0.2, 0) is 0 Å². The number of nitrogens with one attached hydrogen (secondary N) is 1. The van der Waals surface area contributed by atoms with Crippen molar-refractivity contribution in [1.29, 1.82) is 0 Å². The van der Waals surface area contributed by atoms with Gasteiger partial charge >= 0.3 is 5.97 Å². The number of nitrogens with zero attached hydrogens (tertiary/aromatic N) is 3. The zero-order chi connectivity index (χ0) is 24.1. The average Bonchev–Trinajstić information content (AvgIpc) is 3.39. The molecule has 0 spiro atoms. The Morgan fingerprint density at radius 1 is 1.38 bits per heavy atom.